The standard InChI is InChI=1S/C18H13N/c1-13-16-8-4-2-6-14(16)10-11-17(13)18-9-5-3-7-15(18)12-19/h2-11H,1H3. The third-order valence-electron chi connectivity index (χ3n) is 3.54. The van der Waals surface area contributed by atoms with E-state index >= 15 is 0 Å². The monoisotopic (exact) mass is 243 g/mol. The van der Waals surface area contributed by atoms with Crippen LogP contribution < -0.4 is 0 Å². The molecule has 0 aliphatic rings. The average Bonchev–Trinajstić information content (AvgIpc) is 2.48. The molecular formula is C18H13N. The molecule has 3 aromatic carbocycles. The second-order valence-electron chi connectivity index (χ2n) is 4.62. The summed E-state index contributed by atoms with van der Waals surface area (Å²) in [6.07, 6.45) is 0. The molecule has 0 bridgehead atoms. The van der Waals surface area contributed by atoms with E-state index in [2.05, 4.69) is 43.3 Å². The first-order chi connectivity index (χ1) is 9.31. The summed E-state index contributed by atoms with van der Waals surface area (Å²) < 4.78 is 0. The summed E-state index contributed by atoms with van der Waals surface area (Å²) in [6, 6.07) is 22.6. The Labute approximate surface area is 112 Å². The van der Waals surface area contributed by atoms with E-state index in [-0.39, 0.29) is 0 Å². The number of aryl methyl sites for hydroxylation is 1. The number of rotatable bonds is 1. The molecule has 0 spiro atoms. The maximum Gasteiger partial charge on any atom is 0.0998 e. The summed E-state index contributed by atoms with van der Waals surface area (Å²) >= 11 is 0. The molecule has 0 saturated heterocycles. The molecule has 0 aliphatic carbocycles. The summed E-state index contributed by atoms with van der Waals surface area (Å²) in [4.78, 5) is 0. The predicted octanol–water partition coefficient (Wildman–Crippen LogP) is 4.69. The molecule has 0 radical (unpaired) electrons. The first-order valence-electron chi connectivity index (χ1n) is 6.29. The Bertz CT molecular complexity index is 794. The van der Waals surface area contributed by atoms with Gasteiger partial charge in [0.2, 0.25) is 0 Å². The van der Waals surface area contributed by atoms with Gasteiger partial charge < -0.3 is 0 Å². The Balaban J connectivity index is 2.32. The summed E-state index contributed by atoms with van der Waals surface area (Å²) in [5.74, 6) is 0. The molecule has 19 heavy (non-hydrogen) atoms. The molecule has 0 aliphatic heterocycles. The van der Waals surface area contributed by atoms with Gasteiger partial charge in [0.25, 0.3) is 0 Å². The van der Waals surface area contributed by atoms with Crippen LogP contribution in [-0.2, 0) is 0 Å². The number of nitriles is 1. The molecule has 1 heteroatoms. The van der Waals surface area contributed by atoms with Gasteiger partial charge in [0.1, 0.15) is 0 Å². The summed E-state index contributed by atoms with van der Waals surface area (Å²) in [5, 5.41) is 11.7. The van der Waals surface area contributed by atoms with Gasteiger partial charge in [0.05, 0.1) is 11.6 Å². The largest absolute Gasteiger partial charge is 0.192 e. The number of nitrogens with zero attached hydrogens (tertiary/aromatic N) is 1. The molecule has 0 fully saturated rings. The van der Waals surface area contributed by atoms with Crippen LogP contribution >= 0.6 is 0 Å². The molecule has 0 heterocycles. The van der Waals surface area contributed by atoms with Crippen LogP contribution in [0.5, 0.6) is 0 Å². The quantitative estimate of drug-likeness (QED) is 0.608. The predicted molar refractivity (Wildman–Crippen MR) is 78.8 cm³/mol. The van der Waals surface area contributed by atoms with Gasteiger partial charge in [-0.3, -0.25) is 0 Å². The van der Waals surface area contributed by atoms with Crippen molar-refractivity contribution in [3.63, 3.8) is 0 Å². The fourth-order valence-electron chi connectivity index (χ4n) is 2.53. The van der Waals surface area contributed by atoms with Crippen LogP contribution in [0.4, 0.5) is 0 Å². The van der Waals surface area contributed by atoms with E-state index in [1.165, 1.54) is 16.3 Å². The molecular weight excluding hydrogens is 230 g/mol. The number of hydrogen-bond donors (Lipinski definition) is 0. The zero-order chi connectivity index (χ0) is 13.2. The molecule has 0 aromatic heterocycles. The van der Waals surface area contributed by atoms with Gasteiger partial charge in [-0.15, -0.1) is 0 Å². The first kappa shape index (κ1) is 11.5. The molecule has 1 nitrogen and oxygen atoms in total. The second-order valence-corrected chi connectivity index (χ2v) is 4.62. The van der Waals surface area contributed by atoms with Crippen molar-refractivity contribution in [3.8, 4) is 17.2 Å². The third kappa shape index (κ3) is 1.88. The van der Waals surface area contributed by atoms with Crippen LogP contribution in [0.1, 0.15) is 11.1 Å². The lowest BCUT2D eigenvalue weighted by molar-refractivity contribution is 1.46. The minimum Gasteiger partial charge on any atom is -0.192 e. The summed E-state index contributed by atoms with van der Waals surface area (Å²) in [6.45, 7) is 2.12. The molecule has 3 rings (SSSR count). The zero-order valence-electron chi connectivity index (χ0n) is 10.7. The van der Waals surface area contributed by atoms with Gasteiger partial charge in [-0.2, -0.15) is 5.26 Å². The van der Waals surface area contributed by atoms with Crippen molar-refractivity contribution in [2.75, 3.05) is 0 Å². The fourth-order valence-corrected chi connectivity index (χ4v) is 2.53. The van der Waals surface area contributed by atoms with Crippen LogP contribution in [0.25, 0.3) is 21.9 Å². The minimum atomic E-state index is 0.723. The molecule has 0 amide bonds. The van der Waals surface area contributed by atoms with E-state index in [0.717, 1.165) is 16.7 Å². The lowest BCUT2D eigenvalue weighted by atomic mass is 9.93. The highest BCUT2D eigenvalue weighted by molar-refractivity contribution is 5.92. The Hall–Kier alpha value is -2.59. The number of benzene rings is 3. The van der Waals surface area contributed by atoms with Crippen molar-refractivity contribution in [1.29, 1.82) is 5.26 Å². The molecule has 0 atom stereocenters. The highest BCUT2D eigenvalue weighted by Crippen LogP contribution is 2.31. The van der Waals surface area contributed by atoms with Crippen LogP contribution in [-0.4, -0.2) is 0 Å². The minimum absolute atomic E-state index is 0.723. The van der Waals surface area contributed by atoms with Crippen molar-refractivity contribution in [2.24, 2.45) is 0 Å². The van der Waals surface area contributed by atoms with Gasteiger partial charge >= 0.3 is 0 Å². The summed E-state index contributed by atoms with van der Waals surface area (Å²) in [5.41, 5.74) is 4.09. The Morgan fingerprint density at radius 2 is 1.53 bits per heavy atom. The van der Waals surface area contributed by atoms with Crippen molar-refractivity contribution in [3.05, 3.63) is 71.8 Å². The zero-order valence-corrected chi connectivity index (χ0v) is 10.7. The maximum atomic E-state index is 9.23. The van der Waals surface area contributed by atoms with Gasteiger partial charge in [0, 0.05) is 0 Å². The third-order valence-corrected chi connectivity index (χ3v) is 3.54. The van der Waals surface area contributed by atoms with Gasteiger partial charge in [0.15, 0.2) is 0 Å². The summed E-state index contributed by atoms with van der Waals surface area (Å²) in [7, 11) is 0. The molecule has 0 unspecified atom stereocenters. The van der Waals surface area contributed by atoms with Crippen molar-refractivity contribution in [1.82, 2.24) is 0 Å². The first-order valence-corrected chi connectivity index (χ1v) is 6.29. The van der Waals surface area contributed by atoms with Crippen molar-refractivity contribution >= 4 is 10.8 Å². The highest BCUT2D eigenvalue weighted by Gasteiger charge is 2.08. The van der Waals surface area contributed by atoms with Crippen LogP contribution in [0.15, 0.2) is 60.7 Å². The topological polar surface area (TPSA) is 23.8 Å². The van der Waals surface area contributed by atoms with Gasteiger partial charge in [-0.1, -0.05) is 54.6 Å². The molecule has 0 saturated carbocycles. The second kappa shape index (κ2) is 4.59. The van der Waals surface area contributed by atoms with E-state index in [1.54, 1.807) is 0 Å². The molecule has 3 aromatic rings. The number of hydrogen-bond acceptors (Lipinski definition) is 1. The van der Waals surface area contributed by atoms with Gasteiger partial charge in [-0.25, -0.2) is 0 Å². The van der Waals surface area contributed by atoms with Gasteiger partial charge in [-0.05, 0) is 40.5 Å². The van der Waals surface area contributed by atoms with Crippen LogP contribution in [0.2, 0.25) is 0 Å². The molecule has 90 valence electrons. The van der Waals surface area contributed by atoms with E-state index in [9.17, 15) is 5.26 Å². The smallest absolute Gasteiger partial charge is 0.0998 e. The lowest BCUT2D eigenvalue weighted by Crippen LogP contribution is -1.88. The molecule has 0 N–H and O–H groups in total. The average molecular weight is 243 g/mol. The van der Waals surface area contributed by atoms with Crippen molar-refractivity contribution < 1.29 is 0 Å². The fraction of sp³-hybridized carbons (Fsp3) is 0.0556. The van der Waals surface area contributed by atoms with E-state index in [1.807, 2.05) is 30.3 Å². The highest BCUT2D eigenvalue weighted by atomic mass is 14.2. The van der Waals surface area contributed by atoms with E-state index in [0.29, 0.717) is 0 Å². The van der Waals surface area contributed by atoms with Crippen LogP contribution in [0, 0.1) is 18.3 Å². The number of fused-ring (bicyclic) bond motifs is 1. The lowest BCUT2D eigenvalue weighted by Gasteiger charge is -2.11. The van der Waals surface area contributed by atoms with Crippen LogP contribution in [0.3, 0.4) is 0 Å². The normalized spacial score (nSPS) is 10.3. The van der Waals surface area contributed by atoms with Crippen molar-refractivity contribution in [2.45, 2.75) is 6.92 Å². The van der Waals surface area contributed by atoms with E-state index in [4.69, 9.17) is 0 Å². The Morgan fingerprint density at radius 3 is 2.37 bits per heavy atom. The SMILES string of the molecule is Cc1c(-c2ccccc2C#N)ccc2ccccc12. The maximum absolute atomic E-state index is 9.23. The Morgan fingerprint density at radius 1 is 0.789 bits per heavy atom. The van der Waals surface area contributed by atoms with E-state index < -0.39 is 0 Å². The Kier molecular flexibility index (Phi) is 2.78.